The maximum atomic E-state index is 11.9. The molecule has 4 rings (SSSR count). The van der Waals surface area contributed by atoms with Crippen LogP contribution in [0.2, 0.25) is 0 Å². The van der Waals surface area contributed by atoms with E-state index in [-0.39, 0.29) is 17.8 Å². The zero-order valence-electron chi connectivity index (χ0n) is 16.6. The lowest BCUT2D eigenvalue weighted by Gasteiger charge is -2.12. The molecule has 7 heteroatoms. The quantitative estimate of drug-likeness (QED) is 0.669. The first-order valence-corrected chi connectivity index (χ1v) is 9.57. The van der Waals surface area contributed by atoms with Gasteiger partial charge in [-0.1, -0.05) is 0 Å². The number of esters is 1. The van der Waals surface area contributed by atoms with Crippen LogP contribution in [-0.2, 0) is 14.3 Å². The molecule has 1 fully saturated rings. The molecule has 0 radical (unpaired) electrons. The third-order valence-corrected chi connectivity index (χ3v) is 5.21. The number of amides is 1. The number of aromatic nitrogens is 3. The second-order valence-electron chi connectivity index (χ2n) is 7.42. The Balaban J connectivity index is 1.60. The lowest BCUT2D eigenvalue weighted by Crippen LogP contribution is -2.14. The average molecular weight is 390 g/mol. The number of ether oxygens (including phenoxy) is 1. The predicted molar refractivity (Wildman–Crippen MR) is 109 cm³/mol. The molecule has 0 saturated heterocycles. The van der Waals surface area contributed by atoms with Crippen molar-refractivity contribution in [3.05, 3.63) is 48.0 Å². The molecule has 0 bridgehead atoms. The lowest BCUT2D eigenvalue weighted by atomic mass is 10.0. The van der Waals surface area contributed by atoms with Gasteiger partial charge in [0.25, 0.3) is 0 Å². The fourth-order valence-corrected chi connectivity index (χ4v) is 3.21. The first-order valence-electron chi connectivity index (χ1n) is 9.57. The maximum absolute atomic E-state index is 11.9. The first-order chi connectivity index (χ1) is 14.0. The molecule has 148 valence electrons. The summed E-state index contributed by atoms with van der Waals surface area (Å²) in [4.78, 5) is 37.0. The monoisotopic (exact) mass is 390 g/mol. The summed E-state index contributed by atoms with van der Waals surface area (Å²) < 4.78 is 4.79. The molecule has 0 aliphatic heterocycles. The molecule has 1 unspecified atom stereocenters. The zero-order chi connectivity index (χ0) is 20.5. The fraction of sp³-hybridized carbons (Fsp3) is 0.318. The Kier molecular flexibility index (Phi) is 4.96. The molecule has 1 amide bonds. The van der Waals surface area contributed by atoms with Gasteiger partial charge in [-0.25, -0.2) is 4.98 Å². The topological polar surface area (TPSA) is 94.1 Å². The first kappa shape index (κ1) is 19.0. The van der Waals surface area contributed by atoms with E-state index in [9.17, 15) is 9.59 Å². The van der Waals surface area contributed by atoms with Gasteiger partial charge in [-0.3, -0.25) is 19.6 Å². The number of hydrogen-bond acceptors (Lipinski definition) is 6. The van der Waals surface area contributed by atoms with Crippen LogP contribution in [0, 0.1) is 12.8 Å². The second kappa shape index (κ2) is 7.58. The number of hydrogen-bond donors (Lipinski definition) is 1. The van der Waals surface area contributed by atoms with Crippen molar-refractivity contribution >= 4 is 28.5 Å². The van der Waals surface area contributed by atoms with Crippen LogP contribution in [0.5, 0.6) is 0 Å². The summed E-state index contributed by atoms with van der Waals surface area (Å²) in [6.07, 6.45) is 7.14. The highest BCUT2D eigenvalue weighted by Gasteiger charge is 2.29. The van der Waals surface area contributed by atoms with Crippen molar-refractivity contribution in [3.63, 3.8) is 0 Å². The minimum Gasteiger partial charge on any atom is -0.469 e. The van der Waals surface area contributed by atoms with Crippen molar-refractivity contribution in [3.8, 4) is 11.3 Å². The van der Waals surface area contributed by atoms with Crippen molar-refractivity contribution in [2.45, 2.75) is 32.6 Å². The molecule has 1 saturated carbocycles. The highest BCUT2D eigenvalue weighted by atomic mass is 16.5. The number of fused-ring (bicyclic) bond motifs is 1. The Labute approximate surface area is 168 Å². The van der Waals surface area contributed by atoms with Gasteiger partial charge in [0.15, 0.2) is 0 Å². The summed E-state index contributed by atoms with van der Waals surface area (Å²) in [5, 5.41) is 4.68. The molecule has 1 N–H and O–H groups in total. The van der Waals surface area contributed by atoms with Crippen LogP contribution in [0.4, 0.5) is 5.82 Å². The Morgan fingerprint density at radius 1 is 1.07 bits per heavy atom. The third kappa shape index (κ3) is 3.94. The minimum absolute atomic E-state index is 0.0319. The van der Waals surface area contributed by atoms with E-state index in [0.717, 1.165) is 40.4 Å². The second-order valence-corrected chi connectivity index (χ2v) is 7.42. The largest absolute Gasteiger partial charge is 0.469 e. The van der Waals surface area contributed by atoms with Crippen LogP contribution in [0.25, 0.3) is 22.0 Å². The minimum atomic E-state index is -0.425. The normalized spacial score (nSPS) is 14.4. The van der Waals surface area contributed by atoms with Gasteiger partial charge in [-0.05, 0) is 50.5 Å². The van der Waals surface area contributed by atoms with Gasteiger partial charge >= 0.3 is 5.97 Å². The molecular formula is C22H22N4O3. The Hall–Kier alpha value is -3.35. The number of carbonyl (C=O) groups excluding carboxylic acids is 2. The van der Waals surface area contributed by atoms with Crippen LogP contribution in [0.15, 0.2) is 36.8 Å². The highest BCUT2D eigenvalue weighted by Crippen LogP contribution is 2.31. The summed E-state index contributed by atoms with van der Waals surface area (Å²) in [6, 6.07) is 5.67. The van der Waals surface area contributed by atoms with Crippen molar-refractivity contribution in [2.75, 3.05) is 12.4 Å². The van der Waals surface area contributed by atoms with E-state index in [1.165, 1.54) is 7.11 Å². The third-order valence-electron chi connectivity index (χ3n) is 5.21. The standard InChI is InChI=1S/C22H22N4O3/c1-12-6-18(13(2)22(28)29-3)24-11-17(12)19-7-15-10-25-20(8-16(15)9-23-19)26-21(27)14-4-5-14/h6-11,13-14H,4-5H2,1-3H3,(H,25,26,27). The predicted octanol–water partition coefficient (Wildman–Crippen LogP) is 3.63. The zero-order valence-corrected chi connectivity index (χ0v) is 16.6. The van der Waals surface area contributed by atoms with Crippen LogP contribution in [0.3, 0.4) is 0 Å². The summed E-state index contributed by atoms with van der Waals surface area (Å²) in [7, 11) is 1.37. The van der Waals surface area contributed by atoms with Crippen molar-refractivity contribution in [1.29, 1.82) is 0 Å². The maximum Gasteiger partial charge on any atom is 0.314 e. The van der Waals surface area contributed by atoms with Crippen molar-refractivity contribution < 1.29 is 14.3 Å². The molecule has 3 heterocycles. The smallest absolute Gasteiger partial charge is 0.314 e. The molecule has 3 aromatic rings. The fourth-order valence-electron chi connectivity index (χ4n) is 3.21. The van der Waals surface area contributed by atoms with E-state index >= 15 is 0 Å². The molecule has 7 nitrogen and oxygen atoms in total. The molecule has 29 heavy (non-hydrogen) atoms. The van der Waals surface area contributed by atoms with Gasteiger partial charge in [0.2, 0.25) is 5.91 Å². The number of anilines is 1. The lowest BCUT2D eigenvalue weighted by molar-refractivity contribution is -0.142. The SMILES string of the molecule is COC(=O)C(C)c1cc(C)c(-c2cc3cnc(NC(=O)C4CC4)cc3cn2)cn1. The summed E-state index contributed by atoms with van der Waals surface area (Å²) in [5.41, 5.74) is 3.30. The van der Waals surface area contributed by atoms with Gasteiger partial charge in [-0.2, -0.15) is 0 Å². The average Bonchev–Trinajstić information content (AvgIpc) is 3.57. The van der Waals surface area contributed by atoms with Gasteiger partial charge in [0.1, 0.15) is 5.82 Å². The molecule has 3 aromatic heterocycles. The molecule has 0 spiro atoms. The van der Waals surface area contributed by atoms with E-state index in [4.69, 9.17) is 4.74 Å². The van der Waals surface area contributed by atoms with E-state index in [1.807, 2.05) is 25.1 Å². The molecule has 0 aromatic carbocycles. The van der Waals surface area contributed by atoms with Gasteiger partial charge in [0.05, 0.1) is 24.4 Å². The summed E-state index contributed by atoms with van der Waals surface area (Å²) >= 11 is 0. The van der Waals surface area contributed by atoms with Gasteiger partial charge < -0.3 is 10.1 Å². The number of nitrogens with one attached hydrogen (secondary N) is 1. The van der Waals surface area contributed by atoms with Gasteiger partial charge in [-0.15, -0.1) is 0 Å². The summed E-state index contributed by atoms with van der Waals surface area (Å²) in [6.45, 7) is 3.73. The molecule has 1 aliphatic carbocycles. The number of methoxy groups -OCH3 is 1. The Bertz CT molecular complexity index is 1110. The number of rotatable bonds is 5. The van der Waals surface area contributed by atoms with Crippen molar-refractivity contribution in [1.82, 2.24) is 15.0 Å². The Morgan fingerprint density at radius 3 is 2.48 bits per heavy atom. The molecule has 1 aliphatic rings. The number of nitrogens with zero attached hydrogens (tertiary/aromatic N) is 3. The highest BCUT2D eigenvalue weighted by molar-refractivity contribution is 5.95. The van der Waals surface area contributed by atoms with Crippen LogP contribution in [0.1, 0.15) is 36.9 Å². The van der Waals surface area contributed by atoms with Crippen LogP contribution >= 0.6 is 0 Å². The number of aryl methyl sites for hydroxylation is 1. The summed E-state index contributed by atoms with van der Waals surface area (Å²) in [5.74, 6) is -0.0318. The van der Waals surface area contributed by atoms with E-state index < -0.39 is 5.92 Å². The van der Waals surface area contributed by atoms with Crippen LogP contribution < -0.4 is 5.32 Å². The molecule has 1 atom stereocenters. The van der Waals surface area contributed by atoms with E-state index in [1.54, 1.807) is 25.5 Å². The van der Waals surface area contributed by atoms with E-state index in [2.05, 4.69) is 20.3 Å². The number of carbonyl (C=O) groups is 2. The van der Waals surface area contributed by atoms with Gasteiger partial charge in [0, 0.05) is 40.8 Å². The van der Waals surface area contributed by atoms with Crippen molar-refractivity contribution in [2.24, 2.45) is 5.92 Å². The number of pyridine rings is 3. The van der Waals surface area contributed by atoms with Crippen LogP contribution in [-0.4, -0.2) is 33.9 Å². The van der Waals surface area contributed by atoms with E-state index in [0.29, 0.717) is 11.5 Å². The molecular weight excluding hydrogens is 368 g/mol. The Morgan fingerprint density at radius 2 is 1.79 bits per heavy atom.